The van der Waals surface area contributed by atoms with Gasteiger partial charge in [0.2, 0.25) is 5.91 Å². The van der Waals surface area contributed by atoms with Crippen LogP contribution in [0.3, 0.4) is 0 Å². The lowest BCUT2D eigenvalue weighted by Gasteiger charge is -2.23. The van der Waals surface area contributed by atoms with Crippen LogP contribution in [0.2, 0.25) is 0 Å². The van der Waals surface area contributed by atoms with Gasteiger partial charge in [-0.3, -0.25) is 9.20 Å². The van der Waals surface area contributed by atoms with Crippen molar-refractivity contribution >= 4 is 22.5 Å². The van der Waals surface area contributed by atoms with Crippen LogP contribution in [0.4, 0.5) is 0 Å². The van der Waals surface area contributed by atoms with Crippen LogP contribution in [0.1, 0.15) is 38.7 Å². The molecule has 0 spiro atoms. The molecule has 31 heavy (non-hydrogen) atoms. The Morgan fingerprint density at radius 1 is 1.06 bits per heavy atom. The van der Waals surface area contributed by atoms with Gasteiger partial charge in [0.25, 0.3) is 0 Å². The van der Waals surface area contributed by atoms with E-state index in [1.807, 2.05) is 71.1 Å². The largest absolute Gasteiger partial charge is 0.374 e. The Morgan fingerprint density at radius 2 is 1.77 bits per heavy atom. The quantitative estimate of drug-likeness (QED) is 0.477. The first-order valence-corrected chi connectivity index (χ1v) is 9.88. The molecule has 0 unspecified atom stereocenters. The first-order valence-electron chi connectivity index (χ1n) is 9.88. The van der Waals surface area contributed by atoms with E-state index in [1.54, 1.807) is 13.8 Å². The summed E-state index contributed by atoms with van der Waals surface area (Å²) in [7, 11) is 0. The van der Waals surface area contributed by atoms with Gasteiger partial charge >= 0.3 is 0 Å². The Bertz CT molecular complexity index is 1160. The molecule has 1 amide bonds. The molecule has 2 aromatic carbocycles. The number of nitrogens with one attached hydrogen (secondary N) is 1. The fourth-order valence-corrected chi connectivity index (χ4v) is 3.28. The maximum absolute atomic E-state index is 12.7. The number of rotatable bonds is 7. The molecule has 0 saturated carbocycles. The van der Waals surface area contributed by atoms with E-state index in [1.165, 1.54) is 0 Å². The molecule has 2 heterocycles. The second-order valence-electron chi connectivity index (χ2n) is 7.89. The molecule has 4 rings (SSSR count). The van der Waals surface area contributed by atoms with Gasteiger partial charge in [-0.1, -0.05) is 56.0 Å². The van der Waals surface area contributed by atoms with Crippen LogP contribution in [-0.2, 0) is 16.1 Å². The highest BCUT2D eigenvalue weighted by Gasteiger charge is 2.28. The number of hydrogen-bond donors (Lipinski definition) is 2. The Hall–Kier alpha value is -3.29. The molecule has 0 fully saturated rings. The third-order valence-electron chi connectivity index (χ3n) is 4.90. The second kappa shape index (κ2) is 9.24. The molecule has 0 aliphatic heterocycles. The van der Waals surface area contributed by atoms with Crippen molar-refractivity contribution in [2.45, 2.75) is 39.5 Å². The van der Waals surface area contributed by atoms with Crippen molar-refractivity contribution in [2.24, 2.45) is 5.73 Å². The number of amides is 1. The van der Waals surface area contributed by atoms with Gasteiger partial charge in [-0.25, -0.2) is 0 Å². The summed E-state index contributed by atoms with van der Waals surface area (Å²) < 4.78 is 7.90. The SMILES string of the molecule is C.CC(C)(N)C(=O)N[C@H](COCc1ccccc1)c1nnc2ccc3ccccc3n12. The molecular formula is C24H29N5O2. The average Bonchev–Trinajstić information content (AvgIpc) is 3.17. The predicted molar refractivity (Wildman–Crippen MR) is 122 cm³/mol. The summed E-state index contributed by atoms with van der Waals surface area (Å²) in [4.78, 5) is 12.7. The van der Waals surface area contributed by atoms with Gasteiger partial charge in [-0.05, 0) is 43.0 Å². The Morgan fingerprint density at radius 3 is 2.52 bits per heavy atom. The molecule has 0 aliphatic rings. The van der Waals surface area contributed by atoms with Crippen molar-refractivity contribution in [3.63, 3.8) is 0 Å². The first-order chi connectivity index (χ1) is 14.4. The number of hydrogen-bond acceptors (Lipinski definition) is 5. The highest BCUT2D eigenvalue weighted by atomic mass is 16.5. The number of nitrogens with zero attached hydrogens (tertiary/aromatic N) is 3. The molecular weight excluding hydrogens is 390 g/mol. The number of pyridine rings is 1. The topological polar surface area (TPSA) is 94.5 Å². The molecule has 3 N–H and O–H groups in total. The minimum Gasteiger partial charge on any atom is -0.374 e. The summed E-state index contributed by atoms with van der Waals surface area (Å²) in [6.45, 7) is 4.00. The van der Waals surface area contributed by atoms with E-state index in [0.29, 0.717) is 18.1 Å². The molecule has 1 atom stereocenters. The minimum absolute atomic E-state index is 0. The lowest BCUT2D eigenvalue weighted by Crippen LogP contribution is -2.50. The number of benzene rings is 2. The van der Waals surface area contributed by atoms with Gasteiger partial charge in [-0.2, -0.15) is 0 Å². The zero-order valence-electron chi connectivity index (χ0n) is 17.1. The molecule has 0 bridgehead atoms. The molecule has 7 heteroatoms. The van der Waals surface area contributed by atoms with Crippen LogP contribution >= 0.6 is 0 Å². The zero-order valence-corrected chi connectivity index (χ0v) is 17.1. The lowest BCUT2D eigenvalue weighted by molar-refractivity contribution is -0.126. The highest BCUT2D eigenvalue weighted by Crippen LogP contribution is 2.22. The van der Waals surface area contributed by atoms with Crippen molar-refractivity contribution in [1.29, 1.82) is 0 Å². The number of nitrogens with two attached hydrogens (primary N) is 1. The molecule has 4 aromatic rings. The van der Waals surface area contributed by atoms with Crippen LogP contribution in [0.25, 0.3) is 16.6 Å². The van der Waals surface area contributed by atoms with Crippen LogP contribution in [0, 0.1) is 0 Å². The molecule has 0 saturated heterocycles. The van der Waals surface area contributed by atoms with E-state index in [2.05, 4.69) is 15.5 Å². The molecule has 0 aliphatic carbocycles. The summed E-state index contributed by atoms with van der Waals surface area (Å²) in [5.41, 5.74) is 7.70. The number of fused-ring (bicyclic) bond motifs is 3. The lowest BCUT2D eigenvalue weighted by atomic mass is 10.1. The maximum Gasteiger partial charge on any atom is 0.240 e. The number of carbonyl (C=O) groups is 1. The summed E-state index contributed by atoms with van der Waals surface area (Å²) in [5.74, 6) is 0.320. The summed E-state index contributed by atoms with van der Waals surface area (Å²) in [6, 6.07) is 21.3. The summed E-state index contributed by atoms with van der Waals surface area (Å²) >= 11 is 0. The van der Waals surface area contributed by atoms with Crippen molar-refractivity contribution in [2.75, 3.05) is 6.61 Å². The zero-order chi connectivity index (χ0) is 21.1. The summed E-state index contributed by atoms with van der Waals surface area (Å²) in [6.07, 6.45) is 0. The third-order valence-corrected chi connectivity index (χ3v) is 4.90. The van der Waals surface area contributed by atoms with Gasteiger partial charge in [0.05, 0.1) is 24.3 Å². The smallest absolute Gasteiger partial charge is 0.240 e. The number of ether oxygens (including phenoxy) is 1. The van der Waals surface area contributed by atoms with Gasteiger partial charge in [0, 0.05) is 0 Å². The van der Waals surface area contributed by atoms with E-state index >= 15 is 0 Å². The van der Waals surface area contributed by atoms with Crippen LogP contribution in [0.15, 0.2) is 66.7 Å². The van der Waals surface area contributed by atoms with Crippen LogP contribution < -0.4 is 11.1 Å². The predicted octanol–water partition coefficient (Wildman–Crippen LogP) is 3.63. The van der Waals surface area contributed by atoms with Gasteiger partial charge in [-0.15, -0.1) is 10.2 Å². The third kappa shape index (κ3) is 4.90. The second-order valence-corrected chi connectivity index (χ2v) is 7.89. The number of aromatic nitrogens is 3. The van der Waals surface area contributed by atoms with Gasteiger partial charge in [0.15, 0.2) is 11.5 Å². The van der Waals surface area contributed by atoms with E-state index < -0.39 is 11.6 Å². The van der Waals surface area contributed by atoms with E-state index in [-0.39, 0.29) is 19.9 Å². The van der Waals surface area contributed by atoms with Crippen molar-refractivity contribution in [3.8, 4) is 0 Å². The monoisotopic (exact) mass is 419 g/mol. The van der Waals surface area contributed by atoms with E-state index in [0.717, 1.165) is 16.5 Å². The average molecular weight is 420 g/mol. The molecule has 2 aromatic heterocycles. The molecule has 162 valence electrons. The van der Waals surface area contributed by atoms with Crippen molar-refractivity contribution in [3.05, 3.63) is 78.1 Å². The number of carbonyl (C=O) groups excluding carboxylic acids is 1. The maximum atomic E-state index is 12.7. The van der Waals surface area contributed by atoms with Crippen molar-refractivity contribution in [1.82, 2.24) is 19.9 Å². The van der Waals surface area contributed by atoms with Crippen LogP contribution in [0.5, 0.6) is 0 Å². The molecule has 7 nitrogen and oxygen atoms in total. The Kier molecular flexibility index (Phi) is 6.68. The fraction of sp³-hybridized carbons (Fsp3) is 0.292. The summed E-state index contributed by atoms with van der Waals surface area (Å²) in [5, 5.41) is 12.7. The standard InChI is InChI=1S/C23H25N5O2.CH4/c1-23(2,24)22(29)25-18(15-30-14-16-8-4-3-5-9-16)21-27-26-20-13-12-17-10-6-7-11-19(17)28(20)21;/h3-13,18H,14-15,24H2,1-2H3,(H,25,29);1H4/t18-;/m1./s1. The normalized spacial score (nSPS) is 12.5. The minimum atomic E-state index is -1.03. The highest BCUT2D eigenvalue weighted by molar-refractivity contribution is 5.85. The first kappa shape index (κ1) is 22.4. The van der Waals surface area contributed by atoms with Crippen LogP contribution in [-0.4, -0.2) is 32.7 Å². The molecule has 0 radical (unpaired) electrons. The Balaban J connectivity index is 0.00000272. The van der Waals surface area contributed by atoms with Gasteiger partial charge < -0.3 is 15.8 Å². The van der Waals surface area contributed by atoms with Crippen molar-refractivity contribution < 1.29 is 9.53 Å². The number of para-hydroxylation sites is 1. The fourth-order valence-electron chi connectivity index (χ4n) is 3.28. The van der Waals surface area contributed by atoms with Gasteiger partial charge in [0.1, 0.15) is 6.04 Å². The van der Waals surface area contributed by atoms with E-state index in [9.17, 15) is 4.79 Å². The Labute approximate surface area is 182 Å². The van der Waals surface area contributed by atoms with E-state index in [4.69, 9.17) is 10.5 Å².